The maximum Gasteiger partial charge on any atom is 0.142 e. The van der Waals surface area contributed by atoms with Crippen molar-refractivity contribution in [3.05, 3.63) is 28.8 Å². The zero-order valence-corrected chi connectivity index (χ0v) is 11.1. The number of rotatable bonds is 4. The van der Waals surface area contributed by atoms with Crippen molar-refractivity contribution in [3.8, 4) is 5.75 Å². The van der Waals surface area contributed by atoms with E-state index in [0.717, 1.165) is 17.9 Å². The molecule has 0 aliphatic rings. The quantitative estimate of drug-likeness (QED) is 0.855. The lowest BCUT2D eigenvalue weighted by molar-refractivity contribution is 0.240. The van der Waals surface area contributed by atoms with Gasteiger partial charge in [0.25, 0.3) is 0 Å². The second-order valence-electron chi connectivity index (χ2n) is 3.43. The van der Waals surface area contributed by atoms with Crippen molar-refractivity contribution in [1.29, 1.82) is 0 Å². The van der Waals surface area contributed by atoms with Crippen molar-refractivity contribution in [2.24, 2.45) is 5.73 Å². The molecule has 0 aromatic heterocycles. The molecule has 0 atom stereocenters. The van der Waals surface area contributed by atoms with Crippen molar-refractivity contribution >= 4 is 11.6 Å². The lowest BCUT2D eigenvalue weighted by Gasteiger charge is -2.15. The normalized spacial score (nSPS) is 9.69. The largest absolute Gasteiger partial charge is 0.489 e. The first-order valence-electron chi connectivity index (χ1n) is 5.31. The zero-order chi connectivity index (χ0) is 12.6. The van der Waals surface area contributed by atoms with Crippen LogP contribution in [0, 0.1) is 0 Å². The highest BCUT2D eigenvalue weighted by atomic mass is 35.5. The van der Waals surface area contributed by atoms with Gasteiger partial charge in [0, 0.05) is 12.1 Å². The van der Waals surface area contributed by atoms with E-state index in [4.69, 9.17) is 16.3 Å². The van der Waals surface area contributed by atoms with E-state index in [9.17, 15) is 0 Å². The smallest absolute Gasteiger partial charge is 0.142 e. The van der Waals surface area contributed by atoms with Crippen molar-refractivity contribution in [2.75, 3.05) is 14.1 Å². The SMILES string of the molecule is CN.CNCc1cccc(Cl)c1OC(C)C. The number of nitrogens with one attached hydrogen (secondary N) is 1. The number of halogens is 1. The summed E-state index contributed by atoms with van der Waals surface area (Å²) in [5.74, 6) is 0.790. The highest BCUT2D eigenvalue weighted by Gasteiger charge is 2.08. The average molecular weight is 245 g/mol. The second kappa shape index (κ2) is 8.39. The predicted octanol–water partition coefficient (Wildman–Crippen LogP) is 2.42. The Kier molecular flexibility index (Phi) is 7.99. The fraction of sp³-hybridized carbons (Fsp3) is 0.500. The summed E-state index contributed by atoms with van der Waals surface area (Å²) < 4.78 is 5.66. The van der Waals surface area contributed by atoms with Gasteiger partial charge in [0.1, 0.15) is 5.75 Å². The van der Waals surface area contributed by atoms with E-state index in [1.165, 1.54) is 7.05 Å². The Labute approximate surface area is 103 Å². The first kappa shape index (κ1) is 15.2. The molecule has 16 heavy (non-hydrogen) atoms. The maximum atomic E-state index is 6.06. The molecule has 0 radical (unpaired) electrons. The van der Waals surface area contributed by atoms with Gasteiger partial charge in [-0.25, -0.2) is 0 Å². The summed E-state index contributed by atoms with van der Waals surface area (Å²) in [6.07, 6.45) is 0.144. The monoisotopic (exact) mass is 244 g/mol. The van der Waals surface area contributed by atoms with Gasteiger partial charge < -0.3 is 15.8 Å². The fourth-order valence-corrected chi connectivity index (χ4v) is 1.49. The summed E-state index contributed by atoms with van der Waals surface area (Å²) in [7, 11) is 3.40. The van der Waals surface area contributed by atoms with Crippen LogP contribution in [0.25, 0.3) is 0 Å². The van der Waals surface area contributed by atoms with E-state index in [2.05, 4.69) is 11.1 Å². The Hall–Kier alpha value is -0.770. The van der Waals surface area contributed by atoms with Gasteiger partial charge in [0.2, 0.25) is 0 Å². The van der Waals surface area contributed by atoms with Gasteiger partial charge in [-0.1, -0.05) is 23.7 Å². The topological polar surface area (TPSA) is 47.3 Å². The number of para-hydroxylation sites is 1. The second-order valence-corrected chi connectivity index (χ2v) is 3.83. The minimum atomic E-state index is 0.144. The molecule has 0 amide bonds. The summed E-state index contributed by atoms with van der Waals surface area (Å²) in [5.41, 5.74) is 5.59. The number of hydrogen-bond acceptors (Lipinski definition) is 3. The Morgan fingerprint density at radius 3 is 2.50 bits per heavy atom. The molecule has 0 saturated carbocycles. The minimum absolute atomic E-state index is 0.144. The van der Waals surface area contributed by atoms with Crippen LogP contribution in [0.4, 0.5) is 0 Å². The van der Waals surface area contributed by atoms with Crippen LogP contribution < -0.4 is 15.8 Å². The lowest BCUT2D eigenvalue weighted by Crippen LogP contribution is -2.11. The maximum absolute atomic E-state index is 6.06. The number of hydrogen-bond donors (Lipinski definition) is 2. The average Bonchev–Trinajstić information content (AvgIpc) is 2.26. The molecule has 3 nitrogen and oxygen atoms in total. The first-order chi connectivity index (χ1) is 7.65. The van der Waals surface area contributed by atoms with E-state index in [1.54, 1.807) is 0 Å². The van der Waals surface area contributed by atoms with Crippen LogP contribution in [0.3, 0.4) is 0 Å². The van der Waals surface area contributed by atoms with Gasteiger partial charge in [0.05, 0.1) is 11.1 Å². The van der Waals surface area contributed by atoms with Gasteiger partial charge >= 0.3 is 0 Å². The molecule has 0 heterocycles. The molecule has 0 saturated heterocycles. The number of ether oxygens (including phenoxy) is 1. The Bertz CT molecular complexity index is 303. The van der Waals surface area contributed by atoms with Gasteiger partial charge in [-0.15, -0.1) is 0 Å². The van der Waals surface area contributed by atoms with Crippen LogP contribution in [0.1, 0.15) is 19.4 Å². The summed E-state index contributed by atoms with van der Waals surface area (Å²) in [6.45, 7) is 4.75. The van der Waals surface area contributed by atoms with E-state index >= 15 is 0 Å². The lowest BCUT2D eigenvalue weighted by atomic mass is 10.2. The fourth-order valence-electron chi connectivity index (χ4n) is 1.25. The van der Waals surface area contributed by atoms with E-state index in [1.807, 2.05) is 39.1 Å². The third-order valence-corrected chi connectivity index (χ3v) is 2.07. The van der Waals surface area contributed by atoms with Crippen LogP contribution in [-0.4, -0.2) is 20.2 Å². The zero-order valence-electron chi connectivity index (χ0n) is 10.4. The van der Waals surface area contributed by atoms with Gasteiger partial charge in [-0.3, -0.25) is 0 Å². The Morgan fingerprint density at radius 2 is 2.00 bits per heavy atom. The molecule has 0 spiro atoms. The molecule has 0 aliphatic heterocycles. The first-order valence-corrected chi connectivity index (χ1v) is 5.69. The predicted molar refractivity (Wildman–Crippen MR) is 70.1 cm³/mol. The molecule has 0 fully saturated rings. The Balaban J connectivity index is 0.00000106. The third kappa shape index (κ3) is 4.84. The molecule has 1 aromatic rings. The van der Waals surface area contributed by atoms with E-state index in [-0.39, 0.29) is 6.10 Å². The number of benzene rings is 1. The van der Waals surface area contributed by atoms with E-state index in [0.29, 0.717) is 5.02 Å². The Morgan fingerprint density at radius 1 is 1.38 bits per heavy atom. The summed E-state index contributed by atoms with van der Waals surface area (Å²) in [6, 6.07) is 5.79. The molecule has 0 unspecified atom stereocenters. The van der Waals surface area contributed by atoms with Crippen LogP contribution in [-0.2, 0) is 6.54 Å². The van der Waals surface area contributed by atoms with Gasteiger partial charge in [-0.05, 0) is 34.0 Å². The van der Waals surface area contributed by atoms with Gasteiger partial charge in [0.15, 0.2) is 0 Å². The van der Waals surface area contributed by atoms with Crippen molar-refractivity contribution in [2.45, 2.75) is 26.5 Å². The van der Waals surface area contributed by atoms with Crippen LogP contribution in [0.2, 0.25) is 5.02 Å². The van der Waals surface area contributed by atoms with Crippen LogP contribution in [0.5, 0.6) is 5.75 Å². The van der Waals surface area contributed by atoms with E-state index < -0.39 is 0 Å². The molecule has 1 aromatic carbocycles. The molecule has 92 valence electrons. The van der Waals surface area contributed by atoms with Crippen LogP contribution >= 0.6 is 11.6 Å². The molecular formula is C12H21ClN2O. The summed E-state index contributed by atoms with van der Waals surface area (Å²) in [4.78, 5) is 0. The standard InChI is InChI=1S/C11H16ClNO.CH5N/c1-8(2)14-11-9(7-13-3)5-4-6-10(11)12;1-2/h4-6,8,13H,7H2,1-3H3;2H2,1H3. The van der Waals surface area contributed by atoms with Gasteiger partial charge in [-0.2, -0.15) is 0 Å². The third-order valence-electron chi connectivity index (χ3n) is 1.77. The molecule has 0 aliphatic carbocycles. The highest BCUT2D eigenvalue weighted by molar-refractivity contribution is 6.32. The van der Waals surface area contributed by atoms with Crippen molar-refractivity contribution in [3.63, 3.8) is 0 Å². The molecule has 1 rings (SSSR count). The molecule has 3 N–H and O–H groups in total. The van der Waals surface area contributed by atoms with Crippen molar-refractivity contribution in [1.82, 2.24) is 5.32 Å². The summed E-state index contributed by atoms with van der Waals surface area (Å²) >= 11 is 6.06. The van der Waals surface area contributed by atoms with Crippen LogP contribution in [0.15, 0.2) is 18.2 Å². The molecular weight excluding hydrogens is 224 g/mol. The number of nitrogens with two attached hydrogens (primary N) is 1. The molecule has 0 bridgehead atoms. The molecule has 4 heteroatoms. The van der Waals surface area contributed by atoms with Crippen molar-refractivity contribution < 1.29 is 4.74 Å². The summed E-state index contributed by atoms with van der Waals surface area (Å²) in [5, 5.41) is 3.76. The highest BCUT2D eigenvalue weighted by Crippen LogP contribution is 2.29. The minimum Gasteiger partial charge on any atom is -0.489 e.